The van der Waals surface area contributed by atoms with Crippen molar-refractivity contribution in [1.82, 2.24) is 5.32 Å². The summed E-state index contributed by atoms with van der Waals surface area (Å²) in [4.78, 5) is 24.7. The fourth-order valence-electron chi connectivity index (χ4n) is 6.60. The third kappa shape index (κ3) is 3.94. The number of ketones is 1. The Bertz CT molecular complexity index is 613. The number of carbonyl (C=O) groups excluding carboxylic acids is 2. The van der Waals surface area contributed by atoms with E-state index in [0.29, 0.717) is 18.3 Å². The smallest absolute Gasteiger partial charge is 0.220 e. The fraction of sp³-hybridized carbons (Fsp3) is 0.833. The van der Waals surface area contributed by atoms with Gasteiger partial charge < -0.3 is 10.1 Å². The van der Waals surface area contributed by atoms with Crippen LogP contribution in [0.15, 0.2) is 11.6 Å². The second kappa shape index (κ2) is 9.11. The van der Waals surface area contributed by atoms with Gasteiger partial charge in [0.2, 0.25) is 5.91 Å². The molecule has 2 saturated carbocycles. The third-order valence-corrected chi connectivity index (χ3v) is 7.72. The van der Waals surface area contributed by atoms with Crippen molar-refractivity contribution in [3.05, 3.63) is 11.6 Å². The topological polar surface area (TPSA) is 55.4 Å². The zero-order valence-electron chi connectivity index (χ0n) is 19.1. The van der Waals surface area contributed by atoms with Crippen molar-refractivity contribution in [3.63, 3.8) is 0 Å². The standard InChI is InChI=1S/C22H35NO3.C2H6/c1-6-11-21(3)15(12-14(2)24)7-8-16-17-9-10-18(26-5)22(17,4)13-19(25)23-20(16)21;1-2/h12,16-18,20H,6-11,13H2,1-5H3,(H,23,25);1-2H3/b15-12-;/t16?,17-,18?,20-,21?,22?;/m0./s1. The van der Waals surface area contributed by atoms with Crippen LogP contribution in [0.25, 0.3) is 0 Å². The van der Waals surface area contributed by atoms with Gasteiger partial charge >= 0.3 is 0 Å². The molecule has 0 aromatic rings. The van der Waals surface area contributed by atoms with Crippen molar-refractivity contribution in [1.29, 1.82) is 0 Å². The highest BCUT2D eigenvalue weighted by Crippen LogP contribution is 2.58. The summed E-state index contributed by atoms with van der Waals surface area (Å²) in [6, 6.07) is 0.122. The van der Waals surface area contributed by atoms with Crippen molar-refractivity contribution < 1.29 is 14.3 Å². The molecular formula is C24H41NO3. The quantitative estimate of drug-likeness (QED) is 0.681. The number of rotatable bonds is 4. The largest absolute Gasteiger partial charge is 0.381 e. The lowest BCUT2D eigenvalue weighted by atomic mass is 9.56. The van der Waals surface area contributed by atoms with Gasteiger partial charge in [-0.05, 0) is 56.9 Å². The van der Waals surface area contributed by atoms with E-state index in [2.05, 4.69) is 26.1 Å². The first kappa shape index (κ1) is 23.1. The molecule has 0 bridgehead atoms. The number of hydrogen-bond donors (Lipinski definition) is 1. The number of nitrogens with one attached hydrogen (secondary N) is 1. The van der Waals surface area contributed by atoms with E-state index in [0.717, 1.165) is 38.5 Å². The summed E-state index contributed by atoms with van der Waals surface area (Å²) in [6.45, 7) is 12.4. The van der Waals surface area contributed by atoms with E-state index in [1.54, 1.807) is 14.0 Å². The lowest BCUT2D eigenvalue weighted by Crippen LogP contribution is -2.54. The number of methoxy groups -OCH3 is 1. The van der Waals surface area contributed by atoms with Gasteiger partial charge in [0.25, 0.3) is 0 Å². The second-order valence-corrected chi connectivity index (χ2v) is 9.29. The van der Waals surface area contributed by atoms with Gasteiger partial charge in [0.05, 0.1) is 6.10 Å². The molecule has 160 valence electrons. The van der Waals surface area contributed by atoms with Crippen LogP contribution in [0.4, 0.5) is 0 Å². The van der Waals surface area contributed by atoms with Crippen LogP contribution in [0.3, 0.4) is 0 Å². The Labute approximate surface area is 171 Å². The minimum Gasteiger partial charge on any atom is -0.381 e. The summed E-state index contributed by atoms with van der Waals surface area (Å²) in [6.07, 6.45) is 8.83. The Kier molecular flexibility index (Phi) is 7.52. The molecule has 2 aliphatic carbocycles. The SMILES string of the molecule is CC.CCCC1(C)/C(=C\C(C)=O)CCC2[C@@H]1NC(=O)CC1(C)C(OC)CC[C@@H]21. The summed E-state index contributed by atoms with van der Waals surface area (Å²) < 4.78 is 5.80. The summed E-state index contributed by atoms with van der Waals surface area (Å²) in [5.74, 6) is 1.24. The van der Waals surface area contributed by atoms with Gasteiger partial charge in [-0.3, -0.25) is 9.59 Å². The number of ether oxygens (including phenoxy) is 1. The van der Waals surface area contributed by atoms with Crippen LogP contribution in [0.1, 0.15) is 86.5 Å². The van der Waals surface area contributed by atoms with E-state index in [4.69, 9.17) is 4.74 Å². The maximum atomic E-state index is 12.9. The average molecular weight is 392 g/mol. The van der Waals surface area contributed by atoms with Crippen LogP contribution >= 0.6 is 0 Å². The highest BCUT2D eigenvalue weighted by molar-refractivity contribution is 5.88. The Morgan fingerprint density at radius 3 is 2.50 bits per heavy atom. The summed E-state index contributed by atoms with van der Waals surface area (Å²) >= 11 is 0. The molecule has 6 atom stereocenters. The Morgan fingerprint density at radius 1 is 1.25 bits per heavy atom. The predicted octanol–water partition coefficient (Wildman–Crippen LogP) is 5.06. The van der Waals surface area contributed by atoms with E-state index in [9.17, 15) is 9.59 Å². The van der Waals surface area contributed by atoms with Gasteiger partial charge in [-0.15, -0.1) is 0 Å². The first-order valence-electron chi connectivity index (χ1n) is 11.3. The molecular weight excluding hydrogens is 350 g/mol. The maximum absolute atomic E-state index is 12.9. The number of allylic oxidation sites excluding steroid dienone is 1. The Morgan fingerprint density at radius 2 is 1.93 bits per heavy atom. The molecule has 1 heterocycles. The first-order chi connectivity index (χ1) is 13.3. The number of carbonyl (C=O) groups is 2. The molecule has 1 amide bonds. The predicted molar refractivity (Wildman–Crippen MR) is 114 cm³/mol. The van der Waals surface area contributed by atoms with Gasteiger partial charge in [-0.25, -0.2) is 0 Å². The van der Waals surface area contributed by atoms with Crippen LogP contribution in [0.2, 0.25) is 0 Å². The third-order valence-electron chi connectivity index (χ3n) is 7.72. The van der Waals surface area contributed by atoms with Gasteiger partial charge in [0.1, 0.15) is 0 Å². The molecule has 4 unspecified atom stereocenters. The van der Waals surface area contributed by atoms with E-state index in [1.165, 1.54) is 5.57 Å². The Balaban J connectivity index is 0.00000136. The van der Waals surface area contributed by atoms with Gasteiger partial charge in [-0.1, -0.05) is 46.6 Å². The number of fused-ring (bicyclic) bond motifs is 3. The van der Waals surface area contributed by atoms with Crippen molar-refractivity contribution in [2.24, 2.45) is 22.7 Å². The molecule has 1 N–H and O–H groups in total. The molecule has 3 rings (SSSR count). The highest BCUT2D eigenvalue weighted by atomic mass is 16.5. The molecule has 4 heteroatoms. The van der Waals surface area contributed by atoms with Gasteiger partial charge in [0, 0.05) is 30.4 Å². The molecule has 3 aliphatic rings. The summed E-state index contributed by atoms with van der Waals surface area (Å²) in [5.41, 5.74) is 1.03. The molecule has 1 aliphatic heterocycles. The van der Waals surface area contributed by atoms with E-state index >= 15 is 0 Å². The average Bonchev–Trinajstić information content (AvgIpc) is 2.90. The monoisotopic (exact) mass is 391 g/mol. The first-order valence-corrected chi connectivity index (χ1v) is 11.3. The van der Waals surface area contributed by atoms with E-state index in [1.807, 2.05) is 19.9 Å². The van der Waals surface area contributed by atoms with Crippen LogP contribution < -0.4 is 5.32 Å². The molecule has 1 saturated heterocycles. The minimum absolute atomic E-state index is 0.0762. The summed E-state index contributed by atoms with van der Waals surface area (Å²) in [5, 5.41) is 3.41. The fourth-order valence-corrected chi connectivity index (χ4v) is 6.60. The molecule has 4 nitrogen and oxygen atoms in total. The van der Waals surface area contributed by atoms with Crippen molar-refractivity contribution in [2.75, 3.05) is 7.11 Å². The Hall–Kier alpha value is -1.16. The van der Waals surface area contributed by atoms with Crippen molar-refractivity contribution in [3.8, 4) is 0 Å². The molecule has 0 aromatic carbocycles. The minimum atomic E-state index is -0.130. The zero-order chi connectivity index (χ0) is 21.1. The van der Waals surface area contributed by atoms with Crippen LogP contribution in [-0.2, 0) is 14.3 Å². The van der Waals surface area contributed by atoms with E-state index in [-0.39, 0.29) is 34.7 Å². The molecule has 28 heavy (non-hydrogen) atoms. The molecule has 0 aromatic heterocycles. The normalized spacial score (nSPS) is 41.2. The van der Waals surface area contributed by atoms with Gasteiger partial charge in [0.15, 0.2) is 5.78 Å². The molecule has 0 radical (unpaired) electrons. The van der Waals surface area contributed by atoms with Crippen LogP contribution in [0, 0.1) is 22.7 Å². The lowest BCUT2D eigenvalue weighted by Gasteiger charge is -2.50. The number of hydrogen-bond acceptors (Lipinski definition) is 3. The van der Waals surface area contributed by atoms with Gasteiger partial charge in [-0.2, -0.15) is 0 Å². The van der Waals surface area contributed by atoms with E-state index < -0.39 is 0 Å². The maximum Gasteiger partial charge on any atom is 0.220 e. The zero-order valence-corrected chi connectivity index (χ0v) is 19.1. The summed E-state index contributed by atoms with van der Waals surface area (Å²) in [7, 11) is 1.79. The molecule has 3 fully saturated rings. The van der Waals surface area contributed by atoms with Crippen LogP contribution in [0.5, 0.6) is 0 Å². The van der Waals surface area contributed by atoms with Crippen molar-refractivity contribution in [2.45, 2.75) is 98.6 Å². The highest BCUT2D eigenvalue weighted by Gasteiger charge is 2.58. The molecule has 0 spiro atoms. The van der Waals surface area contributed by atoms with Crippen molar-refractivity contribution >= 4 is 11.7 Å². The number of amides is 1. The second-order valence-electron chi connectivity index (χ2n) is 9.29. The van der Waals surface area contributed by atoms with Crippen LogP contribution in [-0.4, -0.2) is 30.9 Å². The lowest BCUT2D eigenvalue weighted by molar-refractivity contribution is -0.125.